The molecule has 1 aromatic carbocycles. The third-order valence-electron chi connectivity index (χ3n) is 7.46. The molecule has 4 fully saturated rings. The quantitative estimate of drug-likeness (QED) is 0.744. The van der Waals surface area contributed by atoms with E-state index in [2.05, 4.69) is 4.98 Å². The predicted octanol–water partition coefficient (Wildman–Crippen LogP) is 3.25. The molecule has 6 rings (SSSR count). The van der Waals surface area contributed by atoms with Crippen LogP contribution in [0.2, 0.25) is 0 Å². The van der Waals surface area contributed by atoms with Gasteiger partial charge in [0.05, 0.1) is 12.5 Å². The first-order valence-electron chi connectivity index (χ1n) is 11.0. The number of nitriles is 1. The van der Waals surface area contributed by atoms with E-state index in [9.17, 15) is 14.0 Å². The van der Waals surface area contributed by atoms with E-state index in [1.54, 1.807) is 12.1 Å². The van der Waals surface area contributed by atoms with Crippen LogP contribution in [-0.4, -0.2) is 25.9 Å². The Hall–Kier alpha value is -3.01. The molecule has 1 heterocycles. The van der Waals surface area contributed by atoms with Crippen LogP contribution >= 0.6 is 0 Å². The van der Waals surface area contributed by atoms with Gasteiger partial charge < -0.3 is 4.90 Å². The van der Waals surface area contributed by atoms with Crippen molar-refractivity contribution in [1.82, 2.24) is 14.5 Å². The van der Waals surface area contributed by atoms with E-state index in [1.807, 2.05) is 11.0 Å². The zero-order valence-corrected chi connectivity index (χ0v) is 17.3. The first-order chi connectivity index (χ1) is 15.0. The molecule has 1 aromatic heterocycles. The lowest BCUT2D eigenvalue weighted by atomic mass is 9.52. The maximum absolute atomic E-state index is 13.6. The van der Waals surface area contributed by atoms with Crippen LogP contribution in [0.5, 0.6) is 0 Å². The fourth-order valence-corrected chi connectivity index (χ4v) is 6.56. The summed E-state index contributed by atoms with van der Waals surface area (Å²) >= 11 is 0. The van der Waals surface area contributed by atoms with E-state index < -0.39 is 5.56 Å². The zero-order chi connectivity index (χ0) is 21.6. The highest BCUT2D eigenvalue weighted by Crippen LogP contribution is 2.58. The summed E-state index contributed by atoms with van der Waals surface area (Å²) < 4.78 is 14.7. The smallest absolute Gasteiger partial charge is 0.271 e. The summed E-state index contributed by atoms with van der Waals surface area (Å²) in [4.78, 5) is 32.0. The third-order valence-corrected chi connectivity index (χ3v) is 7.46. The number of amides is 1. The number of hydrogen-bond donors (Lipinski definition) is 0. The molecule has 0 unspecified atom stereocenters. The molecule has 4 saturated carbocycles. The minimum absolute atomic E-state index is 0.0739. The van der Waals surface area contributed by atoms with Gasteiger partial charge in [0, 0.05) is 12.1 Å². The van der Waals surface area contributed by atoms with Gasteiger partial charge in [-0.15, -0.1) is 0 Å². The number of aromatic nitrogens is 2. The van der Waals surface area contributed by atoms with Crippen molar-refractivity contribution in [2.75, 3.05) is 0 Å². The van der Waals surface area contributed by atoms with E-state index in [-0.39, 0.29) is 29.4 Å². The van der Waals surface area contributed by atoms with E-state index in [1.165, 1.54) is 48.5 Å². The Labute approximate surface area is 180 Å². The molecule has 0 spiro atoms. The molecule has 4 bridgehead atoms. The summed E-state index contributed by atoms with van der Waals surface area (Å²) in [6.07, 6.45) is 9.30. The Kier molecular flexibility index (Phi) is 4.88. The molecule has 0 radical (unpaired) electrons. The molecule has 4 aliphatic carbocycles. The van der Waals surface area contributed by atoms with Gasteiger partial charge in [0.25, 0.3) is 5.56 Å². The van der Waals surface area contributed by atoms with Crippen molar-refractivity contribution in [1.29, 1.82) is 5.26 Å². The van der Waals surface area contributed by atoms with Crippen molar-refractivity contribution in [3.63, 3.8) is 0 Å². The lowest BCUT2D eigenvalue weighted by Crippen LogP contribution is -2.61. The van der Waals surface area contributed by atoms with E-state index in [0.29, 0.717) is 24.3 Å². The number of carbonyl (C=O) groups is 1. The van der Waals surface area contributed by atoms with E-state index in [4.69, 9.17) is 5.26 Å². The Morgan fingerprint density at radius 2 is 1.77 bits per heavy atom. The Morgan fingerprint density at radius 3 is 2.35 bits per heavy atom. The second-order valence-corrected chi connectivity index (χ2v) is 9.60. The third kappa shape index (κ3) is 3.65. The van der Waals surface area contributed by atoms with Gasteiger partial charge in [0.2, 0.25) is 5.91 Å². The van der Waals surface area contributed by atoms with Crippen LogP contribution in [-0.2, 0) is 17.9 Å². The summed E-state index contributed by atoms with van der Waals surface area (Å²) in [5.74, 6) is 1.51. The lowest BCUT2D eigenvalue weighted by Gasteiger charge is -2.60. The molecule has 0 aliphatic heterocycles. The van der Waals surface area contributed by atoms with Gasteiger partial charge in [-0.25, -0.2) is 9.37 Å². The standard InChI is InChI=1S/C24H25FN4O2/c25-21-3-1-16(2-4-21)13-29(22(30)14-28-15-27-12-20(11-26)23(28)31)24-8-17-5-18(9-24)7-19(6-17)10-24/h1-4,12,15,17-19H,5-10,13-14H2. The number of halogens is 1. The van der Waals surface area contributed by atoms with Crippen molar-refractivity contribution in [3.8, 4) is 6.07 Å². The van der Waals surface area contributed by atoms with Crippen LogP contribution < -0.4 is 5.56 Å². The molecule has 0 N–H and O–H groups in total. The van der Waals surface area contributed by atoms with Crippen LogP contribution in [0.3, 0.4) is 0 Å². The van der Waals surface area contributed by atoms with Crippen LogP contribution in [0.4, 0.5) is 4.39 Å². The summed E-state index contributed by atoms with van der Waals surface area (Å²) in [5, 5.41) is 9.13. The van der Waals surface area contributed by atoms with Crippen LogP contribution in [0.1, 0.15) is 49.7 Å². The molecule has 160 valence electrons. The van der Waals surface area contributed by atoms with Gasteiger partial charge in [0.15, 0.2) is 0 Å². The van der Waals surface area contributed by atoms with Gasteiger partial charge in [-0.05, 0) is 74.0 Å². The molecule has 31 heavy (non-hydrogen) atoms. The molecular formula is C24H25FN4O2. The number of hydrogen-bond acceptors (Lipinski definition) is 4. The minimum Gasteiger partial charge on any atom is -0.331 e. The Morgan fingerprint density at radius 1 is 1.16 bits per heavy atom. The first-order valence-corrected chi connectivity index (χ1v) is 11.0. The molecule has 0 saturated heterocycles. The Bertz CT molecular complexity index is 1070. The maximum Gasteiger partial charge on any atom is 0.271 e. The van der Waals surface area contributed by atoms with Crippen LogP contribution in [0, 0.1) is 34.9 Å². The molecule has 2 aromatic rings. The molecule has 4 aliphatic rings. The fourth-order valence-electron chi connectivity index (χ4n) is 6.56. The van der Waals surface area contributed by atoms with Crippen molar-refractivity contribution in [3.05, 3.63) is 64.1 Å². The van der Waals surface area contributed by atoms with Crippen LogP contribution in [0.25, 0.3) is 0 Å². The van der Waals surface area contributed by atoms with Crippen molar-refractivity contribution in [2.45, 2.75) is 57.2 Å². The van der Waals surface area contributed by atoms with Gasteiger partial charge in [-0.3, -0.25) is 14.2 Å². The molecule has 7 heteroatoms. The average Bonchev–Trinajstić information content (AvgIpc) is 2.73. The normalized spacial score (nSPS) is 28.3. The second kappa shape index (κ2) is 7.60. The highest BCUT2D eigenvalue weighted by molar-refractivity contribution is 5.77. The Balaban J connectivity index is 1.48. The van der Waals surface area contributed by atoms with Gasteiger partial charge >= 0.3 is 0 Å². The minimum atomic E-state index is -0.502. The average molecular weight is 420 g/mol. The largest absolute Gasteiger partial charge is 0.331 e. The first kappa shape index (κ1) is 19.9. The molecular weight excluding hydrogens is 395 g/mol. The topological polar surface area (TPSA) is 79.0 Å². The van der Waals surface area contributed by atoms with Crippen molar-refractivity contribution in [2.24, 2.45) is 17.8 Å². The van der Waals surface area contributed by atoms with Crippen molar-refractivity contribution < 1.29 is 9.18 Å². The summed E-state index contributed by atoms with van der Waals surface area (Å²) in [6, 6.07) is 8.12. The van der Waals surface area contributed by atoms with E-state index in [0.717, 1.165) is 24.8 Å². The van der Waals surface area contributed by atoms with Crippen molar-refractivity contribution >= 4 is 5.91 Å². The monoisotopic (exact) mass is 420 g/mol. The second-order valence-electron chi connectivity index (χ2n) is 9.60. The molecule has 6 nitrogen and oxygen atoms in total. The van der Waals surface area contributed by atoms with E-state index >= 15 is 0 Å². The maximum atomic E-state index is 13.6. The molecule has 0 atom stereocenters. The van der Waals surface area contributed by atoms with Gasteiger partial charge in [-0.1, -0.05) is 12.1 Å². The molecule has 1 amide bonds. The predicted molar refractivity (Wildman–Crippen MR) is 111 cm³/mol. The zero-order valence-electron chi connectivity index (χ0n) is 17.3. The highest BCUT2D eigenvalue weighted by atomic mass is 19.1. The number of benzene rings is 1. The number of nitrogens with zero attached hydrogens (tertiary/aromatic N) is 4. The fraction of sp³-hybridized carbons (Fsp3) is 0.500. The summed E-state index contributed by atoms with van der Waals surface area (Å²) in [6.45, 7) is 0.246. The lowest BCUT2D eigenvalue weighted by molar-refractivity contribution is -0.153. The SMILES string of the molecule is N#Cc1cncn(CC(=O)N(Cc2ccc(F)cc2)C23CC4CC(CC(C4)C2)C3)c1=O. The van der Waals surface area contributed by atoms with Gasteiger partial charge in [-0.2, -0.15) is 5.26 Å². The van der Waals surface area contributed by atoms with Crippen LogP contribution in [0.15, 0.2) is 41.6 Å². The summed E-state index contributed by atoms with van der Waals surface area (Å²) in [7, 11) is 0. The summed E-state index contributed by atoms with van der Waals surface area (Å²) in [5.41, 5.74) is 0.0967. The number of rotatable bonds is 5. The highest BCUT2D eigenvalue weighted by Gasteiger charge is 2.54. The number of carbonyl (C=O) groups excluding carboxylic acids is 1. The van der Waals surface area contributed by atoms with Gasteiger partial charge in [0.1, 0.15) is 24.0 Å².